The summed E-state index contributed by atoms with van der Waals surface area (Å²) in [4.78, 5) is 0. The molecule has 1 unspecified atom stereocenters. The van der Waals surface area contributed by atoms with Crippen LogP contribution in [0.3, 0.4) is 0 Å². The molecule has 0 saturated carbocycles. The molecule has 1 atom stereocenters. The zero-order valence-electron chi connectivity index (χ0n) is 9.97. The maximum Gasteiger partial charge on any atom is 0.118 e. The van der Waals surface area contributed by atoms with Gasteiger partial charge in [0.25, 0.3) is 0 Å². The molecule has 18 heavy (non-hydrogen) atoms. The van der Waals surface area contributed by atoms with E-state index < -0.39 is 0 Å². The van der Waals surface area contributed by atoms with Gasteiger partial charge in [-0.25, -0.2) is 4.72 Å². The Balaban J connectivity index is 2.29. The first-order valence-corrected chi connectivity index (χ1v) is 8.93. The fourth-order valence-electron chi connectivity index (χ4n) is 1.81. The largest absolute Gasteiger partial charge is 0.497 e. The molecular weight excluding hydrogens is 357 g/mol. The number of methoxy groups -OCH3 is 1. The van der Waals surface area contributed by atoms with Gasteiger partial charge in [0.1, 0.15) is 5.75 Å². The van der Waals surface area contributed by atoms with E-state index in [0.29, 0.717) is 0 Å². The summed E-state index contributed by atoms with van der Waals surface area (Å²) in [7, 11) is 3.28. The van der Waals surface area contributed by atoms with Crippen molar-refractivity contribution in [1.82, 2.24) is 4.72 Å². The number of benzene rings is 2. The second kappa shape index (κ2) is 7.01. The lowest BCUT2D eigenvalue weighted by Crippen LogP contribution is -2.14. The van der Waals surface area contributed by atoms with Crippen LogP contribution < -0.4 is 9.46 Å². The molecule has 1 N–H and O–H groups in total. The highest BCUT2D eigenvalue weighted by atomic mass is 127. The molecule has 2 aromatic carbocycles. The van der Waals surface area contributed by atoms with Gasteiger partial charge < -0.3 is 4.74 Å². The second-order valence-corrected chi connectivity index (χ2v) is 5.52. The van der Waals surface area contributed by atoms with Gasteiger partial charge in [-0.15, -0.1) is 0 Å². The van der Waals surface area contributed by atoms with Gasteiger partial charge in [0.05, 0.1) is 13.2 Å². The van der Waals surface area contributed by atoms with E-state index in [1.165, 1.54) is 11.1 Å². The van der Waals surface area contributed by atoms with Gasteiger partial charge in [0.2, 0.25) is 0 Å². The van der Waals surface area contributed by atoms with Crippen LogP contribution in [0.2, 0.25) is 0 Å². The Morgan fingerprint density at radius 2 is 1.61 bits per heavy atom. The van der Waals surface area contributed by atoms with Crippen LogP contribution in [-0.4, -0.2) is 7.11 Å². The summed E-state index contributed by atoms with van der Waals surface area (Å²) in [5.41, 5.74) is 2.48. The average Bonchev–Trinajstić information content (AvgIpc) is 2.46. The molecule has 0 heterocycles. The Hall–Kier alpha value is -0.720. The minimum absolute atomic E-state index is 0.194. The average molecular weight is 371 g/mol. The summed E-state index contributed by atoms with van der Waals surface area (Å²) in [6, 6.07) is 18.8. The van der Waals surface area contributed by atoms with Gasteiger partial charge in [-0.3, -0.25) is 0 Å². The molecule has 0 bridgehead atoms. The molecule has 2 aromatic rings. The standard InChI is InChI=1S/C14H14INOS/c1-17-13-9-7-12(8-10-13)14(16-18-15)11-5-3-2-4-6-11/h2-10,14,16H,1H3. The predicted octanol–water partition coefficient (Wildman–Crippen LogP) is 4.37. The van der Waals surface area contributed by atoms with E-state index in [0.717, 1.165) is 5.75 Å². The summed E-state index contributed by atoms with van der Waals surface area (Å²) in [5, 5.41) is 0. The molecule has 0 aliphatic heterocycles. The summed E-state index contributed by atoms with van der Waals surface area (Å²) >= 11 is 2.25. The normalized spacial score (nSPS) is 12.1. The maximum absolute atomic E-state index is 5.19. The third kappa shape index (κ3) is 3.40. The third-order valence-electron chi connectivity index (χ3n) is 2.74. The predicted molar refractivity (Wildman–Crippen MR) is 86.0 cm³/mol. The van der Waals surface area contributed by atoms with Crippen molar-refractivity contribution in [3.8, 4) is 5.75 Å². The SMILES string of the molecule is COc1ccc(C(NSI)c2ccccc2)cc1. The highest BCUT2D eigenvalue weighted by Gasteiger charge is 2.13. The number of hydrogen-bond donors (Lipinski definition) is 1. The van der Waals surface area contributed by atoms with Crippen molar-refractivity contribution in [3.63, 3.8) is 0 Å². The van der Waals surface area contributed by atoms with Crippen molar-refractivity contribution in [2.75, 3.05) is 7.11 Å². The lowest BCUT2D eigenvalue weighted by Gasteiger charge is -2.17. The first kappa shape index (κ1) is 13.7. The lowest BCUT2D eigenvalue weighted by molar-refractivity contribution is 0.414. The maximum atomic E-state index is 5.19. The molecule has 0 amide bonds. The van der Waals surface area contributed by atoms with Crippen LogP contribution in [0.5, 0.6) is 5.75 Å². The van der Waals surface area contributed by atoms with E-state index in [9.17, 15) is 0 Å². The van der Waals surface area contributed by atoms with Crippen LogP contribution in [0.4, 0.5) is 0 Å². The summed E-state index contributed by atoms with van der Waals surface area (Å²) < 4.78 is 8.60. The van der Waals surface area contributed by atoms with Crippen molar-refractivity contribution in [2.45, 2.75) is 6.04 Å². The van der Waals surface area contributed by atoms with E-state index in [1.54, 1.807) is 16.2 Å². The second-order valence-electron chi connectivity index (χ2n) is 3.81. The van der Waals surface area contributed by atoms with Crippen LogP contribution >= 0.6 is 30.3 Å². The fraction of sp³-hybridized carbons (Fsp3) is 0.143. The summed E-state index contributed by atoms with van der Waals surface area (Å²) in [6.45, 7) is 0. The minimum Gasteiger partial charge on any atom is -0.497 e. The van der Waals surface area contributed by atoms with Crippen molar-refractivity contribution >= 4 is 30.3 Å². The van der Waals surface area contributed by atoms with E-state index in [1.807, 2.05) is 18.2 Å². The van der Waals surface area contributed by atoms with E-state index in [2.05, 4.69) is 62.3 Å². The van der Waals surface area contributed by atoms with Gasteiger partial charge in [0.15, 0.2) is 0 Å². The Morgan fingerprint density at radius 3 is 2.17 bits per heavy atom. The Kier molecular flexibility index (Phi) is 5.34. The molecule has 0 aliphatic carbocycles. The van der Waals surface area contributed by atoms with E-state index in [4.69, 9.17) is 4.74 Å². The molecule has 94 valence electrons. The van der Waals surface area contributed by atoms with Crippen molar-refractivity contribution in [2.24, 2.45) is 0 Å². The number of nitrogens with one attached hydrogen (secondary N) is 1. The third-order valence-corrected chi connectivity index (χ3v) is 3.83. The van der Waals surface area contributed by atoms with Gasteiger partial charge in [-0.2, -0.15) is 0 Å². The highest BCUT2D eigenvalue weighted by molar-refractivity contribution is 14.2. The molecule has 4 heteroatoms. The number of rotatable bonds is 5. The van der Waals surface area contributed by atoms with Crippen LogP contribution in [0, 0.1) is 0 Å². The topological polar surface area (TPSA) is 21.3 Å². The zero-order valence-corrected chi connectivity index (χ0v) is 12.9. The van der Waals surface area contributed by atoms with Crippen LogP contribution in [0.15, 0.2) is 54.6 Å². The van der Waals surface area contributed by atoms with Crippen molar-refractivity contribution in [1.29, 1.82) is 0 Å². The van der Waals surface area contributed by atoms with Gasteiger partial charge in [0, 0.05) is 21.2 Å². The quantitative estimate of drug-likeness (QED) is 0.623. The molecule has 0 aliphatic rings. The number of halogens is 1. The molecule has 0 fully saturated rings. The Bertz CT molecular complexity index is 475. The molecule has 0 aromatic heterocycles. The number of hydrogen-bond acceptors (Lipinski definition) is 3. The first-order chi connectivity index (χ1) is 8.85. The van der Waals surface area contributed by atoms with Gasteiger partial charge in [-0.1, -0.05) is 42.5 Å². The minimum atomic E-state index is 0.194. The first-order valence-electron chi connectivity index (χ1n) is 5.57. The molecule has 2 rings (SSSR count). The van der Waals surface area contributed by atoms with Crippen LogP contribution in [-0.2, 0) is 0 Å². The molecule has 0 spiro atoms. The van der Waals surface area contributed by atoms with Gasteiger partial charge >= 0.3 is 0 Å². The summed E-state index contributed by atoms with van der Waals surface area (Å²) in [5.74, 6) is 0.882. The zero-order chi connectivity index (χ0) is 12.8. The van der Waals surface area contributed by atoms with Crippen molar-refractivity contribution in [3.05, 3.63) is 65.7 Å². The molecule has 2 nitrogen and oxygen atoms in total. The Labute approximate surface area is 124 Å². The number of ether oxygens (including phenoxy) is 1. The van der Waals surface area contributed by atoms with E-state index >= 15 is 0 Å². The van der Waals surface area contributed by atoms with Crippen molar-refractivity contribution < 1.29 is 4.74 Å². The monoisotopic (exact) mass is 371 g/mol. The lowest BCUT2D eigenvalue weighted by atomic mass is 10.00. The summed E-state index contributed by atoms with van der Waals surface area (Å²) in [6.07, 6.45) is 0. The molecule has 0 radical (unpaired) electrons. The van der Waals surface area contributed by atoms with Crippen LogP contribution in [0.25, 0.3) is 0 Å². The smallest absolute Gasteiger partial charge is 0.118 e. The molecule has 0 saturated heterocycles. The van der Waals surface area contributed by atoms with Crippen LogP contribution in [0.1, 0.15) is 17.2 Å². The van der Waals surface area contributed by atoms with E-state index in [-0.39, 0.29) is 6.04 Å². The molecular formula is C14H14INOS. The highest BCUT2D eigenvalue weighted by Crippen LogP contribution is 2.27. The fourth-order valence-corrected chi connectivity index (χ4v) is 2.94. The van der Waals surface area contributed by atoms with Gasteiger partial charge in [-0.05, 0) is 32.4 Å². The Morgan fingerprint density at radius 1 is 1.00 bits per heavy atom.